The van der Waals surface area contributed by atoms with Crippen LogP contribution in [-0.4, -0.2) is 43.3 Å². The zero-order chi connectivity index (χ0) is 14.7. The van der Waals surface area contributed by atoms with Gasteiger partial charge in [-0.05, 0) is 33.7 Å². The van der Waals surface area contributed by atoms with Crippen LogP contribution >= 0.6 is 0 Å². The largest absolute Gasteiger partial charge is 0.522 e. The molecule has 1 aliphatic heterocycles. The highest BCUT2D eigenvalue weighted by Crippen LogP contribution is 2.23. The number of halogens is 3. The fraction of sp³-hybridized carbons (Fsp3) is 0.909. The van der Waals surface area contributed by atoms with Crippen LogP contribution in [0, 0.1) is 0 Å². The Balaban J connectivity index is 2.55. The fourth-order valence-corrected chi connectivity index (χ4v) is 1.75. The third-order valence-electron chi connectivity index (χ3n) is 2.41. The molecule has 1 fully saturated rings. The van der Waals surface area contributed by atoms with Crippen molar-refractivity contribution in [3.05, 3.63) is 0 Å². The molecule has 0 spiro atoms. The van der Waals surface area contributed by atoms with Crippen LogP contribution in [0.3, 0.4) is 0 Å². The van der Waals surface area contributed by atoms with Crippen molar-refractivity contribution in [3.63, 3.8) is 0 Å². The molecular weight excluding hydrogens is 265 g/mol. The van der Waals surface area contributed by atoms with Gasteiger partial charge in [-0.1, -0.05) is 0 Å². The average Bonchev–Trinajstić information content (AvgIpc) is 2.15. The van der Waals surface area contributed by atoms with E-state index >= 15 is 0 Å². The number of nitrogens with one attached hydrogen (secondary N) is 2. The molecule has 0 aromatic rings. The Hall–Kier alpha value is -1.02. The lowest BCUT2D eigenvalue weighted by Gasteiger charge is -2.33. The van der Waals surface area contributed by atoms with E-state index in [1.807, 2.05) is 0 Å². The van der Waals surface area contributed by atoms with Gasteiger partial charge in [0, 0.05) is 6.54 Å². The van der Waals surface area contributed by atoms with Crippen LogP contribution in [0.5, 0.6) is 0 Å². The predicted octanol–water partition coefficient (Wildman–Crippen LogP) is 1.78. The maximum Gasteiger partial charge on any atom is 0.522 e. The number of alkyl carbamates (subject to hydrolysis) is 1. The highest BCUT2D eigenvalue weighted by atomic mass is 19.4. The molecule has 8 heteroatoms. The Morgan fingerprint density at radius 3 is 2.47 bits per heavy atom. The molecule has 0 aromatic carbocycles. The van der Waals surface area contributed by atoms with Gasteiger partial charge in [0.15, 0.2) is 0 Å². The first-order chi connectivity index (χ1) is 8.57. The summed E-state index contributed by atoms with van der Waals surface area (Å²) in [4.78, 5) is 11.5. The van der Waals surface area contributed by atoms with Crippen molar-refractivity contribution >= 4 is 6.09 Å². The van der Waals surface area contributed by atoms with Crippen LogP contribution < -0.4 is 10.6 Å². The molecule has 0 aromatic heterocycles. The van der Waals surface area contributed by atoms with E-state index in [9.17, 15) is 18.0 Å². The number of ether oxygens (including phenoxy) is 2. The third-order valence-corrected chi connectivity index (χ3v) is 2.41. The molecule has 1 aliphatic rings. The van der Waals surface area contributed by atoms with Gasteiger partial charge in [0.2, 0.25) is 0 Å². The molecule has 1 amide bonds. The van der Waals surface area contributed by atoms with Gasteiger partial charge in [-0.2, -0.15) is 0 Å². The van der Waals surface area contributed by atoms with E-state index in [0.717, 1.165) is 0 Å². The molecule has 112 valence electrons. The second-order valence-corrected chi connectivity index (χ2v) is 5.35. The number of carbonyl (C=O) groups is 1. The molecule has 1 saturated heterocycles. The van der Waals surface area contributed by atoms with Crippen molar-refractivity contribution in [3.8, 4) is 0 Å². The molecule has 5 nitrogen and oxygen atoms in total. The van der Waals surface area contributed by atoms with Crippen LogP contribution in [0.2, 0.25) is 0 Å². The minimum Gasteiger partial charge on any atom is -0.444 e. The minimum atomic E-state index is -4.71. The standard InChI is InChI=1S/C11H19F3N2O3/c1-10(2,3)19-9(17)16-7-6-15-5-4-8(7)18-11(12,13)14/h7-8,15H,4-6H2,1-3H3,(H,16,17)/t7-,8+/m0/s1. The first kappa shape index (κ1) is 16.0. The lowest BCUT2D eigenvalue weighted by atomic mass is 10.0. The van der Waals surface area contributed by atoms with Crippen molar-refractivity contribution < 1.29 is 27.4 Å². The topological polar surface area (TPSA) is 59.6 Å². The van der Waals surface area contributed by atoms with Crippen molar-refractivity contribution in [2.45, 2.75) is 51.3 Å². The van der Waals surface area contributed by atoms with Crippen LogP contribution in [0.1, 0.15) is 27.2 Å². The number of carbonyl (C=O) groups excluding carboxylic acids is 1. The normalized spacial score (nSPS) is 24.9. The number of alkyl halides is 3. The summed E-state index contributed by atoms with van der Waals surface area (Å²) < 4.78 is 45.7. The zero-order valence-corrected chi connectivity index (χ0v) is 11.1. The van der Waals surface area contributed by atoms with E-state index in [1.54, 1.807) is 20.8 Å². The second-order valence-electron chi connectivity index (χ2n) is 5.35. The van der Waals surface area contributed by atoms with E-state index in [4.69, 9.17) is 4.74 Å². The first-order valence-electron chi connectivity index (χ1n) is 6.01. The Bertz CT molecular complexity index is 315. The van der Waals surface area contributed by atoms with E-state index in [1.165, 1.54) is 0 Å². The van der Waals surface area contributed by atoms with Crippen molar-refractivity contribution in [1.29, 1.82) is 0 Å². The van der Waals surface area contributed by atoms with Gasteiger partial charge in [0.1, 0.15) is 5.60 Å². The van der Waals surface area contributed by atoms with Gasteiger partial charge < -0.3 is 15.4 Å². The predicted molar refractivity (Wildman–Crippen MR) is 61.6 cm³/mol. The molecule has 0 radical (unpaired) electrons. The first-order valence-corrected chi connectivity index (χ1v) is 6.01. The van der Waals surface area contributed by atoms with Gasteiger partial charge >= 0.3 is 12.5 Å². The maximum absolute atomic E-state index is 12.2. The van der Waals surface area contributed by atoms with Crippen LogP contribution in [0.25, 0.3) is 0 Å². The summed E-state index contributed by atoms with van der Waals surface area (Å²) in [6.45, 7) is 5.65. The highest BCUT2D eigenvalue weighted by Gasteiger charge is 2.39. The molecule has 2 atom stereocenters. The number of amides is 1. The van der Waals surface area contributed by atoms with Gasteiger partial charge in [-0.15, -0.1) is 13.2 Å². The maximum atomic E-state index is 12.2. The van der Waals surface area contributed by atoms with Gasteiger partial charge in [-0.25, -0.2) is 4.79 Å². The third kappa shape index (κ3) is 6.63. The molecule has 2 N–H and O–H groups in total. The number of piperidine rings is 1. The van der Waals surface area contributed by atoms with E-state index in [-0.39, 0.29) is 13.0 Å². The van der Waals surface area contributed by atoms with E-state index < -0.39 is 30.2 Å². The van der Waals surface area contributed by atoms with Crippen molar-refractivity contribution in [2.24, 2.45) is 0 Å². The number of hydrogen-bond donors (Lipinski definition) is 2. The summed E-state index contributed by atoms with van der Waals surface area (Å²) in [6, 6.07) is -0.773. The summed E-state index contributed by atoms with van der Waals surface area (Å²) in [5.41, 5.74) is -0.702. The van der Waals surface area contributed by atoms with Crippen LogP contribution in [-0.2, 0) is 9.47 Å². The van der Waals surface area contributed by atoms with Gasteiger partial charge in [0.25, 0.3) is 0 Å². The lowest BCUT2D eigenvalue weighted by Crippen LogP contribution is -2.56. The molecule has 1 heterocycles. The number of hydrogen-bond acceptors (Lipinski definition) is 4. The van der Waals surface area contributed by atoms with E-state index in [2.05, 4.69) is 15.4 Å². The van der Waals surface area contributed by atoms with Crippen molar-refractivity contribution in [2.75, 3.05) is 13.1 Å². The van der Waals surface area contributed by atoms with Crippen LogP contribution in [0.4, 0.5) is 18.0 Å². The molecule has 0 unspecified atom stereocenters. The molecule has 0 bridgehead atoms. The monoisotopic (exact) mass is 284 g/mol. The summed E-state index contributed by atoms with van der Waals surface area (Å²) in [7, 11) is 0. The SMILES string of the molecule is CC(C)(C)OC(=O)N[C@H]1CNCC[C@H]1OC(F)(F)F. The minimum absolute atomic E-state index is 0.167. The Labute approximate surface area is 109 Å². The Morgan fingerprint density at radius 1 is 1.32 bits per heavy atom. The number of rotatable bonds is 2. The highest BCUT2D eigenvalue weighted by molar-refractivity contribution is 5.68. The summed E-state index contributed by atoms with van der Waals surface area (Å²) >= 11 is 0. The lowest BCUT2D eigenvalue weighted by molar-refractivity contribution is -0.346. The quantitative estimate of drug-likeness (QED) is 0.811. The van der Waals surface area contributed by atoms with Crippen molar-refractivity contribution in [1.82, 2.24) is 10.6 Å². The molecule has 0 saturated carbocycles. The fourth-order valence-electron chi connectivity index (χ4n) is 1.75. The summed E-state index contributed by atoms with van der Waals surface area (Å²) in [5.74, 6) is 0. The second kappa shape index (κ2) is 5.96. The smallest absolute Gasteiger partial charge is 0.444 e. The molecule has 0 aliphatic carbocycles. The molecular formula is C11H19F3N2O3. The summed E-state index contributed by atoms with van der Waals surface area (Å²) in [5, 5.41) is 5.30. The van der Waals surface area contributed by atoms with E-state index in [0.29, 0.717) is 6.54 Å². The molecule has 1 rings (SSSR count). The summed E-state index contributed by atoms with van der Waals surface area (Å²) in [6.07, 6.45) is -6.40. The Morgan fingerprint density at radius 2 is 1.95 bits per heavy atom. The van der Waals surface area contributed by atoms with Gasteiger partial charge in [-0.3, -0.25) is 4.74 Å². The average molecular weight is 284 g/mol. The Kier molecular flexibility index (Phi) is 5.03. The van der Waals surface area contributed by atoms with Crippen LogP contribution in [0.15, 0.2) is 0 Å². The molecule has 19 heavy (non-hydrogen) atoms. The zero-order valence-electron chi connectivity index (χ0n) is 11.1. The van der Waals surface area contributed by atoms with Gasteiger partial charge in [0.05, 0.1) is 12.1 Å².